The third-order valence-corrected chi connectivity index (χ3v) is 7.20. The quantitative estimate of drug-likeness (QED) is 0.478. The summed E-state index contributed by atoms with van der Waals surface area (Å²) in [5.74, 6) is 0. The molecule has 0 N–H and O–H groups in total. The number of alkyl halides is 3. The van der Waals surface area contributed by atoms with Crippen LogP contribution >= 0.6 is 11.8 Å². The second-order valence-electron chi connectivity index (χ2n) is 8.35. The van der Waals surface area contributed by atoms with Crippen molar-refractivity contribution in [2.24, 2.45) is 4.99 Å². The molecule has 0 spiro atoms. The number of aryl methyl sites for hydroxylation is 1. The van der Waals surface area contributed by atoms with Crippen molar-refractivity contribution in [3.05, 3.63) is 82.9 Å². The molecule has 4 nitrogen and oxygen atoms in total. The first-order valence-corrected chi connectivity index (χ1v) is 11.4. The third-order valence-electron chi connectivity index (χ3n) is 6.10. The van der Waals surface area contributed by atoms with Gasteiger partial charge in [-0.15, -0.1) is 0 Å². The van der Waals surface area contributed by atoms with E-state index in [0.717, 1.165) is 40.4 Å². The van der Waals surface area contributed by atoms with Crippen LogP contribution in [0.2, 0.25) is 0 Å². The van der Waals surface area contributed by atoms with Gasteiger partial charge in [0.1, 0.15) is 6.04 Å². The van der Waals surface area contributed by atoms with E-state index in [0.29, 0.717) is 10.9 Å². The highest BCUT2D eigenvalue weighted by Gasteiger charge is 2.44. The van der Waals surface area contributed by atoms with Gasteiger partial charge in [-0.2, -0.15) is 13.2 Å². The van der Waals surface area contributed by atoms with Crippen LogP contribution < -0.4 is 0 Å². The summed E-state index contributed by atoms with van der Waals surface area (Å²) in [4.78, 5) is 11.9. The number of halogens is 3. The lowest BCUT2D eigenvalue weighted by molar-refractivity contribution is -0.137. The molecule has 32 heavy (non-hydrogen) atoms. The van der Waals surface area contributed by atoms with Gasteiger partial charge in [0.05, 0.1) is 17.3 Å². The standard InChI is InChI=1S/C24H23F3N4S/c1-14-11-19(16(3)31(14)18-8-6-7-17(12-18)24(25,26)27)22-21(20-9-4-5-10-28-20)29-23-30(22)13-15(2)32-23/h4-12,15,21-22H,13H2,1-3H3/t15-,21+,22-/m1/s1. The highest BCUT2D eigenvalue weighted by atomic mass is 32.2. The molecule has 0 amide bonds. The molecule has 5 rings (SSSR count). The van der Waals surface area contributed by atoms with Crippen molar-refractivity contribution in [1.29, 1.82) is 0 Å². The second kappa shape index (κ2) is 7.69. The molecule has 2 aromatic heterocycles. The van der Waals surface area contributed by atoms with Crippen LogP contribution in [-0.2, 0) is 6.18 Å². The fourth-order valence-electron chi connectivity index (χ4n) is 4.76. The molecule has 3 atom stereocenters. The van der Waals surface area contributed by atoms with Crippen LogP contribution in [0.3, 0.4) is 0 Å². The average Bonchev–Trinajstić information content (AvgIpc) is 3.37. The Labute approximate surface area is 189 Å². The van der Waals surface area contributed by atoms with Gasteiger partial charge in [0.2, 0.25) is 0 Å². The van der Waals surface area contributed by atoms with Gasteiger partial charge in [-0.3, -0.25) is 9.98 Å². The maximum atomic E-state index is 13.3. The van der Waals surface area contributed by atoms with Crippen molar-refractivity contribution in [1.82, 2.24) is 14.5 Å². The maximum Gasteiger partial charge on any atom is 0.416 e. The molecule has 3 aromatic rings. The maximum absolute atomic E-state index is 13.3. The summed E-state index contributed by atoms with van der Waals surface area (Å²) < 4.78 is 41.9. The molecule has 4 heterocycles. The van der Waals surface area contributed by atoms with Crippen LogP contribution in [-0.4, -0.2) is 31.4 Å². The number of hydrogen-bond acceptors (Lipinski definition) is 4. The number of aliphatic imine (C=N–C) groups is 1. The summed E-state index contributed by atoms with van der Waals surface area (Å²) >= 11 is 1.77. The molecule has 166 valence electrons. The zero-order chi connectivity index (χ0) is 22.6. The Kier molecular flexibility index (Phi) is 5.08. The molecule has 2 aliphatic rings. The Balaban J connectivity index is 1.61. The summed E-state index contributed by atoms with van der Waals surface area (Å²) in [5.41, 5.74) is 3.66. The largest absolute Gasteiger partial charge is 0.416 e. The van der Waals surface area contributed by atoms with E-state index in [2.05, 4.69) is 22.9 Å². The minimum absolute atomic E-state index is 0.0388. The number of hydrogen-bond donors (Lipinski definition) is 0. The number of nitrogens with zero attached hydrogens (tertiary/aromatic N) is 4. The second-order valence-corrected chi connectivity index (χ2v) is 9.75. The van der Waals surface area contributed by atoms with Gasteiger partial charge in [-0.1, -0.05) is 30.8 Å². The van der Waals surface area contributed by atoms with Crippen molar-refractivity contribution in [3.8, 4) is 5.69 Å². The first-order chi connectivity index (χ1) is 15.2. The predicted octanol–water partition coefficient (Wildman–Crippen LogP) is 6.10. The van der Waals surface area contributed by atoms with E-state index >= 15 is 0 Å². The first-order valence-electron chi connectivity index (χ1n) is 10.5. The van der Waals surface area contributed by atoms with Crippen LogP contribution in [0.5, 0.6) is 0 Å². The van der Waals surface area contributed by atoms with E-state index in [1.165, 1.54) is 12.1 Å². The van der Waals surface area contributed by atoms with Gasteiger partial charge in [0.25, 0.3) is 0 Å². The molecule has 0 bridgehead atoms. The normalized spacial score (nSPS) is 22.9. The van der Waals surface area contributed by atoms with Crippen molar-refractivity contribution >= 4 is 16.9 Å². The SMILES string of the molecule is Cc1cc([C@@H]2[C@H](c3ccccn3)N=C3S[C@H](C)CN32)c(C)n1-c1cccc(C(F)(F)F)c1. The van der Waals surface area contributed by atoms with Crippen LogP contribution in [0.4, 0.5) is 13.2 Å². The summed E-state index contributed by atoms with van der Waals surface area (Å²) in [6, 6.07) is 13.2. The Morgan fingerprint density at radius 1 is 1.06 bits per heavy atom. The van der Waals surface area contributed by atoms with Crippen LogP contribution in [0.25, 0.3) is 5.69 Å². The van der Waals surface area contributed by atoms with E-state index in [9.17, 15) is 13.2 Å². The number of aromatic nitrogens is 2. The fourth-order valence-corrected chi connectivity index (χ4v) is 5.85. The number of benzene rings is 1. The van der Waals surface area contributed by atoms with Crippen LogP contribution in [0, 0.1) is 13.8 Å². The number of thioether (sulfide) groups is 1. The smallest absolute Gasteiger partial charge is 0.341 e. The molecular formula is C24H23F3N4S. The van der Waals surface area contributed by atoms with Crippen molar-refractivity contribution in [2.75, 3.05) is 6.54 Å². The molecule has 1 fully saturated rings. The van der Waals surface area contributed by atoms with E-state index < -0.39 is 11.7 Å². The van der Waals surface area contributed by atoms with Crippen molar-refractivity contribution in [3.63, 3.8) is 0 Å². The molecule has 2 aliphatic heterocycles. The zero-order valence-electron chi connectivity index (χ0n) is 18.0. The molecule has 0 saturated carbocycles. The van der Waals surface area contributed by atoms with E-state index in [1.807, 2.05) is 36.6 Å². The minimum atomic E-state index is -4.38. The lowest BCUT2D eigenvalue weighted by Crippen LogP contribution is -2.28. The summed E-state index contributed by atoms with van der Waals surface area (Å²) in [5, 5.41) is 1.45. The number of amidine groups is 1. The molecule has 1 aromatic carbocycles. The Morgan fingerprint density at radius 2 is 1.88 bits per heavy atom. The minimum Gasteiger partial charge on any atom is -0.341 e. The van der Waals surface area contributed by atoms with Gasteiger partial charge in [0, 0.05) is 35.1 Å². The average molecular weight is 457 g/mol. The van der Waals surface area contributed by atoms with Crippen LogP contribution in [0.15, 0.2) is 59.7 Å². The Hall–Kier alpha value is -2.74. The highest BCUT2D eigenvalue weighted by Crippen LogP contribution is 2.49. The molecule has 1 saturated heterocycles. The molecular weight excluding hydrogens is 433 g/mol. The molecule has 0 aliphatic carbocycles. The zero-order valence-corrected chi connectivity index (χ0v) is 18.8. The summed E-state index contributed by atoms with van der Waals surface area (Å²) in [6.07, 6.45) is -2.60. The number of fused-ring (bicyclic) bond motifs is 1. The van der Waals surface area contributed by atoms with E-state index in [-0.39, 0.29) is 12.1 Å². The number of rotatable bonds is 3. The van der Waals surface area contributed by atoms with Crippen LogP contribution in [0.1, 0.15) is 47.2 Å². The fraction of sp³-hybridized carbons (Fsp3) is 0.333. The summed E-state index contributed by atoms with van der Waals surface area (Å²) in [6.45, 7) is 6.97. The topological polar surface area (TPSA) is 33.4 Å². The Bertz CT molecular complexity index is 1190. The molecule has 0 unspecified atom stereocenters. The molecule has 8 heteroatoms. The van der Waals surface area contributed by atoms with E-state index in [4.69, 9.17) is 4.99 Å². The van der Waals surface area contributed by atoms with E-state index in [1.54, 1.807) is 24.0 Å². The monoisotopic (exact) mass is 456 g/mol. The lowest BCUT2D eigenvalue weighted by atomic mass is 9.96. The van der Waals surface area contributed by atoms with Gasteiger partial charge in [-0.25, -0.2) is 0 Å². The predicted molar refractivity (Wildman–Crippen MR) is 121 cm³/mol. The van der Waals surface area contributed by atoms with Gasteiger partial charge in [-0.05, 0) is 55.8 Å². The highest BCUT2D eigenvalue weighted by molar-refractivity contribution is 8.14. The Morgan fingerprint density at radius 3 is 2.59 bits per heavy atom. The first kappa shape index (κ1) is 21.1. The summed E-state index contributed by atoms with van der Waals surface area (Å²) in [7, 11) is 0. The third kappa shape index (κ3) is 3.50. The van der Waals surface area contributed by atoms with Gasteiger partial charge in [0.15, 0.2) is 5.17 Å². The van der Waals surface area contributed by atoms with Crippen molar-refractivity contribution in [2.45, 2.75) is 44.3 Å². The molecule has 0 radical (unpaired) electrons. The van der Waals surface area contributed by atoms with Gasteiger partial charge >= 0.3 is 6.18 Å². The number of pyridine rings is 1. The van der Waals surface area contributed by atoms with Gasteiger partial charge < -0.3 is 9.47 Å². The van der Waals surface area contributed by atoms with Crippen molar-refractivity contribution < 1.29 is 13.2 Å². The lowest BCUT2D eigenvalue weighted by Gasteiger charge is -2.27.